The van der Waals surface area contributed by atoms with Crippen molar-refractivity contribution in [1.29, 1.82) is 0 Å². The third kappa shape index (κ3) is 1.49. The molecule has 0 bridgehead atoms. The summed E-state index contributed by atoms with van der Waals surface area (Å²) in [5, 5.41) is 0. The second-order valence-electron chi connectivity index (χ2n) is 2.88. The minimum Gasteiger partial charge on any atom is -0.450 e. The van der Waals surface area contributed by atoms with Gasteiger partial charge in [-0.3, -0.25) is 0 Å². The number of nitrogens with zero attached hydrogens (tertiary/aromatic N) is 1. The first-order valence-corrected chi connectivity index (χ1v) is 4.29. The van der Waals surface area contributed by atoms with Crippen molar-refractivity contribution in [2.24, 2.45) is 0 Å². The molecule has 1 heterocycles. The minimum atomic E-state index is 0.350. The maximum atomic E-state index is 5.33. The molecule has 0 fully saturated rings. The second kappa shape index (κ2) is 3.09. The molecule has 3 nitrogen and oxygen atoms in total. The lowest BCUT2D eigenvalue weighted by molar-refractivity contribution is 0.251. The predicted octanol–water partition coefficient (Wildman–Crippen LogP) is 2.53. The maximum Gasteiger partial charge on any atom is 0.394 e. The van der Waals surface area contributed by atoms with Crippen molar-refractivity contribution in [3.05, 3.63) is 23.8 Å². The van der Waals surface area contributed by atoms with Gasteiger partial charge in [0, 0.05) is 0 Å². The second-order valence-corrected chi connectivity index (χ2v) is 2.88. The number of benzene rings is 1. The average molecular weight is 177 g/mol. The molecule has 0 saturated heterocycles. The quantitative estimate of drug-likeness (QED) is 0.707. The van der Waals surface area contributed by atoms with E-state index in [0.717, 1.165) is 11.1 Å². The lowest BCUT2D eigenvalue weighted by Gasteiger charge is -1.91. The molecule has 68 valence electrons. The molecule has 0 atom stereocenters. The zero-order valence-electron chi connectivity index (χ0n) is 7.70. The fraction of sp³-hybridized carbons (Fsp3) is 0.300. The Morgan fingerprint density at radius 1 is 1.46 bits per heavy atom. The van der Waals surface area contributed by atoms with Gasteiger partial charge in [0.25, 0.3) is 0 Å². The van der Waals surface area contributed by atoms with Crippen molar-refractivity contribution in [2.45, 2.75) is 13.8 Å². The SMILES string of the molecule is CCOc1nc2cc(C)ccc2o1. The van der Waals surface area contributed by atoms with Crippen molar-refractivity contribution in [3.63, 3.8) is 0 Å². The number of hydrogen-bond acceptors (Lipinski definition) is 3. The summed E-state index contributed by atoms with van der Waals surface area (Å²) in [5.74, 6) is 0. The van der Waals surface area contributed by atoms with Crippen molar-refractivity contribution in [3.8, 4) is 6.08 Å². The van der Waals surface area contributed by atoms with E-state index in [1.165, 1.54) is 5.56 Å². The molecule has 0 radical (unpaired) electrons. The minimum absolute atomic E-state index is 0.350. The summed E-state index contributed by atoms with van der Waals surface area (Å²) in [6.45, 7) is 4.50. The molecule has 0 N–H and O–H groups in total. The monoisotopic (exact) mass is 177 g/mol. The van der Waals surface area contributed by atoms with Gasteiger partial charge < -0.3 is 9.15 Å². The first-order chi connectivity index (χ1) is 6.29. The van der Waals surface area contributed by atoms with Crippen LogP contribution in [0.3, 0.4) is 0 Å². The zero-order valence-corrected chi connectivity index (χ0v) is 7.70. The Balaban J connectivity index is 2.49. The van der Waals surface area contributed by atoms with E-state index in [2.05, 4.69) is 4.98 Å². The van der Waals surface area contributed by atoms with Crippen LogP contribution < -0.4 is 4.74 Å². The summed E-state index contributed by atoms with van der Waals surface area (Å²) in [4.78, 5) is 4.17. The van der Waals surface area contributed by atoms with Gasteiger partial charge in [-0.05, 0) is 31.5 Å². The fourth-order valence-corrected chi connectivity index (χ4v) is 1.20. The summed E-state index contributed by atoms with van der Waals surface area (Å²) in [6.07, 6.45) is 0.350. The van der Waals surface area contributed by atoms with Crippen LogP contribution in [-0.4, -0.2) is 11.6 Å². The molecule has 0 unspecified atom stereocenters. The van der Waals surface area contributed by atoms with Crippen molar-refractivity contribution < 1.29 is 9.15 Å². The van der Waals surface area contributed by atoms with Gasteiger partial charge in [-0.25, -0.2) is 0 Å². The largest absolute Gasteiger partial charge is 0.450 e. The summed E-state index contributed by atoms with van der Waals surface area (Å²) >= 11 is 0. The summed E-state index contributed by atoms with van der Waals surface area (Å²) in [6, 6.07) is 5.87. The van der Waals surface area contributed by atoms with Crippen molar-refractivity contribution in [2.75, 3.05) is 6.61 Å². The van der Waals surface area contributed by atoms with Crippen LogP contribution in [0.2, 0.25) is 0 Å². The Kier molecular flexibility index (Phi) is 1.93. The zero-order chi connectivity index (χ0) is 9.26. The lowest BCUT2D eigenvalue weighted by atomic mass is 10.2. The lowest BCUT2D eigenvalue weighted by Crippen LogP contribution is -1.89. The van der Waals surface area contributed by atoms with Crippen molar-refractivity contribution >= 4 is 11.1 Å². The molecule has 0 aliphatic rings. The molecule has 0 aliphatic carbocycles. The van der Waals surface area contributed by atoms with E-state index in [4.69, 9.17) is 9.15 Å². The highest BCUT2D eigenvalue weighted by atomic mass is 16.6. The van der Waals surface area contributed by atoms with E-state index in [1.807, 2.05) is 32.0 Å². The highest BCUT2D eigenvalue weighted by Crippen LogP contribution is 2.21. The number of rotatable bonds is 2. The van der Waals surface area contributed by atoms with E-state index >= 15 is 0 Å². The first-order valence-electron chi connectivity index (χ1n) is 4.29. The van der Waals surface area contributed by atoms with Gasteiger partial charge >= 0.3 is 6.08 Å². The van der Waals surface area contributed by atoms with E-state index in [9.17, 15) is 0 Å². The normalized spacial score (nSPS) is 10.6. The van der Waals surface area contributed by atoms with Gasteiger partial charge in [-0.1, -0.05) is 6.07 Å². The molecule has 0 aliphatic heterocycles. The Morgan fingerprint density at radius 3 is 3.08 bits per heavy atom. The molecule has 2 aromatic rings. The predicted molar refractivity (Wildman–Crippen MR) is 49.9 cm³/mol. The summed E-state index contributed by atoms with van der Waals surface area (Å²) < 4.78 is 10.5. The number of hydrogen-bond donors (Lipinski definition) is 0. The highest BCUT2D eigenvalue weighted by Gasteiger charge is 2.04. The maximum absolute atomic E-state index is 5.33. The van der Waals surface area contributed by atoms with Gasteiger partial charge in [0.05, 0.1) is 6.61 Å². The van der Waals surface area contributed by atoms with E-state index in [0.29, 0.717) is 12.7 Å². The van der Waals surface area contributed by atoms with Gasteiger partial charge in [-0.15, -0.1) is 0 Å². The van der Waals surface area contributed by atoms with Gasteiger partial charge in [0.1, 0.15) is 5.52 Å². The molecule has 0 saturated carbocycles. The van der Waals surface area contributed by atoms with Gasteiger partial charge in [0.15, 0.2) is 5.58 Å². The van der Waals surface area contributed by atoms with Crippen molar-refractivity contribution in [1.82, 2.24) is 4.98 Å². The number of aryl methyl sites for hydroxylation is 1. The number of fused-ring (bicyclic) bond motifs is 1. The first kappa shape index (κ1) is 8.10. The Hall–Kier alpha value is -1.51. The standard InChI is InChI=1S/C10H11NO2/c1-3-12-10-11-8-6-7(2)4-5-9(8)13-10/h4-6H,3H2,1-2H3. The Bertz CT molecular complexity index is 420. The molecular weight excluding hydrogens is 166 g/mol. The van der Waals surface area contributed by atoms with Crippen LogP contribution in [0.15, 0.2) is 22.6 Å². The summed E-state index contributed by atoms with van der Waals surface area (Å²) in [7, 11) is 0. The van der Waals surface area contributed by atoms with Crippen LogP contribution in [-0.2, 0) is 0 Å². The van der Waals surface area contributed by atoms with Gasteiger partial charge in [-0.2, -0.15) is 4.98 Å². The molecule has 1 aromatic carbocycles. The molecule has 13 heavy (non-hydrogen) atoms. The fourth-order valence-electron chi connectivity index (χ4n) is 1.20. The van der Waals surface area contributed by atoms with Crippen LogP contribution in [0.25, 0.3) is 11.1 Å². The number of oxazole rings is 1. The average Bonchev–Trinajstić information content (AvgIpc) is 2.46. The molecule has 1 aromatic heterocycles. The smallest absolute Gasteiger partial charge is 0.394 e. The number of ether oxygens (including phenoxy) is 1. The molecule has 3 heteroatoms. The van der Waals surface area contributed by atoms with E-state index in [1.54, 1.807) is 0 Å². The Morgan fingerprint density at radius 2 is 2.31 bits per heavy atom. The van der Waals surface area contributed by atoms with Crippen LogP contribution in [0.1, 0.15) is 12.5 Å². The third-order valence-corrected chi connectivity index (χ3v) is 1.79. The Labute approximate surface area is 76.3 Å². The number of aromatic nitrogens is 1. The molecule has 2 rings (SSSR count). The molecular formula is C10H11NO2. The molecule has 0 spiro atoms. The van der Waals surface area contributed by atoms with E-state index < -0.39 is 0 Å². The summed E-state index contributed by atoms with van der Waals surface area (Å²) in [5.41, 5.74) is 2.79. The van der Waals surface area contributed by atoms with Gasteiger partial charge in [0.2, 0.25) is 0 Å². The topological polar surface area (TPSA) is 35.3 Å². The highest BCUT2D eigenvalue weighted by molar-refractivity contribution is 5.73. The van der Waals surface area contributed by atoms with Crippen LogP contribution >= 0.6 is 0 Å². The van der Waals surface area contributed by atoms with Crippen LogP contribution in [0, 0.1) is 6.92 Å². The molecule has 0 amide bonds. The van der Waals surface area contributed by atoms with Crippen LogP contribution in [0.5, 0.6) is 6.08 Å². The van der Waals surface area contributed by atoms with Crippen LogP contribution in [0.4, 0.5) is 0 Å². The third-order valence-electron chi connectivity index (χ3n) is 1.79. The van der Waals surface area contributed by atoms with E-state index in [-0.39, 0.29) is 0 Å².